The number of carbonyl (C=O) groups excluding carboxylic acids is 2. The Morgan fingerprint density at radius 1 is 1.14 bits per heavy atom. The van der Waals surface area contributed by atoms with Crippen LogP contribution in [-0.4, -0.2) is 28.5 Å². The Bertz CT molecular complexity index is 1060. The first-order valence-corrected chi connectivity index (χ1v) is 9.23. The summed E-state index contributed by atoms with van der Waals surface area (Å²) in [6.45, 7) is 2.56. The van der Waals surface area contributed by atoms with Crippen LogP contribution in [0.5, 0.6) is 11.6 Å². The molecule has 0 saturated carbocycles. The Morgan fingerprint density at radius 3 is 2.76 bits per heavy atom. The molecule has 4 rings (SSSR count). The number of ether oxygens (including phenoxy) is 1. The summed E-state index contributed by atoms with van der Waals surface area (Å²) in [5.41, 5.74) is 2.07. The molecule has 3 heterocycles. The van der Waals surface area contributed by atoms with Crippen LogP contribution in [-0.2, 0) is 0 Å². The zero-order chi connectivity index (χ0) is 20.2. The lowest BCUT2D eigenvalue weighted by molar-refractivity contribution is 0.0999. The minimum absolute atomic E-state index is 0.211. The molecular weight excluding hydrogens is 370 g/mol. The Labute approximate surface area is 167 Å². The number of fused-ring (bicyclic) bond motifs is 2. The van der Waals surface area contributed by atoms with E-state index >= 15 is 0 Å². The number of nitrogens with zero attached hydrogens (tertiary/aromatic N) is 3. The lowest BCUT2D eigenvalue weighted by atomic mass is 10.2. The van der Waals surface area contributed by atoms with Gasteiger partial charge in [-0.1, -0.05) is 6.92 Å². The molecule has 0 bridgehead atoms. The van der Waals surface area contributed by atoms with E-state index in [2.05, 4.69) is 20.6 Å². The number of carbonyl (C=O) groups is 2. The predicted molar refractivity (Wildman–Crippen MR) is 109 cm³/mol. The van der Waals surface area contributed by atoms with E-state index in [9.17, 15) is 9.59 Å². The van der Waals surface area contributed by atoms with Gasteiger partial charge in [0.05, 0.1) is 11.4 Å². The number of rotatable bonds is 4. The molecule has 0 atom stereocenters. The number of urea groups is 1. The second kappa shape index (κ2) is 7.97. The Morgan fingerprint density at radius 2 is 1.97 bits per heavy atom. The maximum Gasteiger partial charge on any atom is 0.319 e. The highest BCUT2D eigenvalue weighted by molar-refractivity contribution is 6.13. The van der Waals surface area contributed by atoms with Gasteiger partial charge < -0.3 is 15.4 Å². The van der Waals surface area contributed by atoms with E-state index in [4.69, 9.17) is 4.74 Å². The molecule has 29 heavy (non-hydrogen) atoms. The van der Waals surface area contributed by atoms with Crippen molar-refractivity contribution in [3.63, 3.8) is 0 Å². The highest BCUT2D eigenvalue weighted by Crippen LogP contribution is 2.42. The molecule has 0 saturated heterocycles. The van der Waals surface area contributed by atoms with Gasteiger partial charge in [0.1, 0.15) is 5.56 Å². The number of anilines is 3. The SMILES string of the molecule is CCCNC(=O)Nc1ccc2c(c1)Oc1ncccc1C(=O)N2c1ccncc1. The second-order valence-electron chi connectivity index (χ2n) is 6.37. The molecule has 0 unspecified atom stereocenters. The average Bonchev–Trinajstić information content (AvgIpc) is 2.86. The third kappa shape index (κ3) is 3.73. The minimum Gasteiger partial charge on any atom is -0.436 e. The summed E-state index contributed by atoms with van der Waals surface area (Å²) in [4.78, 5) is 35.1. The van der Waals surface area contributed by atoms with Crippen LogP contribution >= 0.6 is 0 Å². The molecular formula is C21H19N5O3. The normalized spacial score (nSPS) is 12.3. The summed E-state index contributed by atoms with van der Waals surface area (Å²) in [6, 6.07) is 11.7. The first-order valence-electron chi connectivity index (χ1n) is 9.23. The van der Waals surface area contributed by atoms with Crippen LogP contribution in [0.4, 0.5) is 21.9 Å². The maximum absolute atomic E-state index is 13.3. The fraction of sp³-hybridized carbons (Fsp3) is 0.143. The third-order valence-electron chi connectivity index (χ3n) is 4.33. The summed E-state index contributed by atoms with van der Waals surface area (Å²) < 4.78 is 5.97. The Balaban J connectivity index is 1.77. The van der Waals surface area contributed by atoms with Crippen LogP contribution in [0.1, 0.15) is 23.7 Å². The first kappa shape index (κ1) is 18.4. The lowest BCUT2D eigenvalue weighted by Crippen LogP contribution is -2.29. The van der Waals surface area contributed by atoms with Crippen molar-refractivity contribution in [2.75, 3.05) is 16.8 Å². The topological polar surface area (TPSA) is 96.4 Å². The van der Waals surface area contributed by atoms with Crippen LogP contribution in [0.15, 0.2) is 61.1 Å². The number of benzene rings is 1. The van der Waals surface area contributed by atoms with E-state index in [1.165, 1.54) is 0 Å². The molecule has 1 aliphatic rings. The number of aromatic nitrogens is 2. The Kier molecular flexibility index (Phi) is 5.07. The fourth-order valence-corrected chi connectivity index (χ4v) is 2.99. The number of hydrogen-bond acceptors (Lipinski definition) is 5. The number of amides is 3. The summed E-state index contributed by atoms with van der Waals surface area (Å²) in [5, 5.41) is 5.53. The van der Waals surface area contributed by atoms with Crippen molar-refractivity contribution in [1.29, 1.82) is 0 Å². The van der Waals surface area contributed by atoms with E-state index in [0.29, 0.717) is 34.9 Å². The van der Waals surface area contributed by atoms with E-state index in [0.717, 1.165) is 6.42 Å². The van der Waals surface area contributed by atoms with Crippen molar-refractivity contribution < 1.29 is 14.3 Å². The van der Waals surface area contributed by atoms with Gasteiger partial charge in [-0.2, -0.15) is 0 Å². The number of nitrogens with one attached hydrogen (secondary N) is 2. The summed E-state index contributed by atoms with van der Waals surface area (Å²) in [5.74, 6) is 0.350. The van der Waals surface area contributed by atoms with E-state index in [-0.39, 0.29) is 17.8 Å². The van der Waals surface area contributed by atoms with Crippen molar-refractivity contribution in [3.05, 3.63) is 66.6 Å². The molecule has 0 aliphatic carbocycles. The van der Waals surface area contributed by atoms with E-state index in [1.807, 2.05) is 6.92 Å². The summed E-state index contributed by atoms with van der Waals surface area (Å²) in [7, 11) is 0. The maximum atomic E-state index is 13.3. The predicted octanol–water partition coefficient (Wildman–Crippen LogP) is 4.09. The standard InChI is InChI=1S/C21H19N5O3/c1-2-9-24-21(28)25-14-5-6-17-18(13-14)29-19-16(4-3-10-23-19)20(27)26(17)15-7-11-22-12-8-15/h3-8,10-13H,2,9H2,1H3,(H2,24,25,28). The highest BCUT2D eigenvalue weighted by Gasteiger charge is 2.30. The van der Waals surface area contributed by atoms with Crippen LogP contribution in [0.3, 0.4) is 0 Å². The quantitative estimate of drug-likeness (QED) is 0.700. The van der Waals surface area contributed by atoms with E-state index in [1.54, 1.807) is 66.0 Å². The van der Waals surface area contributed by atoms with Crippen molar-refractivity contribution in [1.82, 2.24) is 15.3 Å². The van der Waals surface area contributed by atoms with Gasteiger partial charge in [0.15, 0.2) is 5.75 Å². The third-order valence-corrected chi connectivity index (χ3v) is 4.33. The van der Waals surface area contributed by atoms with Gasteiger partial charge in [-0.05, 0) is 42.8 Å². The molecule has 0 radical (unpaired) electrons. The summed E-state index contributed by atoms with van der Waals surface area (Å²) >= 11 is 0. The monoisotopic (exact) mass is 389 g/mol. The summed E-state index contributed by atoms with van der Waals surface area (Å²) in [6.07, 6.45) is 5.64. The van der Waals surface area contributed by atoms with Gasteiger partial charge in [-0.15, -0.1) is 0 Å². The highest BCUT2D eigenvalue weighted by atomic mass is 16.5. The van der Waals surface area contributed by atoms with Crippen molar-refractivity contribution >= 4 is 29.0 Å². The van der Waals surface area contributed by atoms with Crippen molar-refractivity contribution in [3.8, 4) is 11.6 Å². The lowest BCUT2D eigenvalue weighted by Gasteiger charge is -2.22. The smallest absolute Gasteiger partial charge is 0.319 e. The molecule has 8 nitrogen and oxygen atoms in total. The van der Waals surface area contributed by atoms with Gasteiger partial charge in [-0.3, -0.25) is 14.7 Å². The molecule has 3 amide bonds. The molecule has 3 aromatic rings. The van der Waals surface area contributed by atoms with E-state index < -0.39 is 0 Å². The van der Waals surface area contributed by atoms with Crippen LogP contribution in [0, 0.1) is 0 Å². The molecule has 0 spiro atoms. The molecule has 2 N–H and O–H groups in total. The molecule has 0 fully saturated rings. The molecule has 2 aromatic heterocycles. The van der Waals surface area contributed by atoms with Gasteiger partial charge in [-0.25, -0.2) is 9.78 Å². The number of hydrogen-bond donors (Lipinski definition) is 2. The largest absolute Gasteiger partial charge is 0.436 e. The van der Waals surface area contributed by atoms with Crippen LogP contribution < -0.4 is 20.3 Å². The van der Waals surface area contributed by atoms with Crippen LogP contribution in [0.2, 0.25) is 0 Å². The molecule has 8 heteroatoms. The van der Waals surface area contributed by atoms with Crippen LogP contribution in [0.25, 0.3) is 0 Å². The van der Waals surface area contributed by atoms with Gasteiger partial charge in [0, 0.05) is 36.9 Å². The molecule has 1 aromatic carbocycles. The van der Waals surface area contributed by atoms with Crippen molar-refractivity contribution in [2.45, 2.75) is 13.3 Å². The van der Waals surface area contributed by atoms with Crippen molar-refractivity contribution in [2.24, 2.45) is 0 Å². The first-order chi connectivity index (χ1) is 14.2. The fourth-order valence-electron chi connectivity index (χ4n) is 2.99. The van der Waals surface area contributed by atoms with Gasteiger partial charge in [0.25, 0.3) is 5.91 Å². The van der Waals surface area contributed by atoms with Gasteiger partial charge in [0.2, 0.25) is 5.88 Å². The number of pyridine rings is 2. The van der Waals surface area contributed by atoms with Gasteiger partial charge >= 0.3 is 6.03 Å². The zero-order valence-corrected chi connectivity index (χ0v) is 15.8. The molecule has 1 aliphatic heterocycles. The average molecular weight is 389 g/mol. The second-order valence-corrected chi connectivity index (χ2v) is 6.37. The Hall–Kier alpha value is -3.94. The molecule has 146 valence electrons. The minimum atomic E-state index is -0.305. The zero-order valence-electron chi connectivity index (χ0n) is 15.8.